The Bertz CT molecular complexity index is 628. The molecule has 0 aliphatic heterocycles. The SMILES string of the molecule is Clc1ccc(-n2cnnc2Cn2nccn2)cc1. The van der Waals surface area contributed by atoms with Gasteiger partial charge in [0.05, 0.1) is 12.4 Å². The molecule has 0 aliphatic rings. The highest BCUT2D eigenvalue weighted by Gasteiger charge is 2.07. The average molecular weight is 261 g/mol. The van der Waals surface area contributed by atoms with Crippen molar-refractivity contribution in [1.82, 2.24) is 29.8 Å². The predicted octanol–water partition coefficient (Wildman–Crippen LogP) is 1.56. The van der Waals surface area contributed by atoms with Gasteiger partial charge in [0.2, 0.25) is 0 Å². The van der Waals surface area contributed by atoms with Crippen molar-refractivity contribution in [1.29, 1.82) is 0 Å². The van der Waals surface area contributed by atoms with Crippen LogP contribution in [0.15, 0.2) is 43.0 Å². The van der Waals surface area contributed by atoms with E-state index in [1.165, 1.54) is 0 Å². The zero-order valence-electron chi connectivity index (χ0n) is 9.31. The van der Waals surface area contributed by atoms with E-state index >= 15 is 0 Å². The van der Waals surface area contributed by atoms with Crippen molar-refractivity contribution in [2.45, 2.75) is 6.54 Å². The summed E-state index contributed by atoms with van der Waals surface area (Å²) in [6.45, 7) is 0.468. The van der Waals surface area contributed by atoms with Gasteiger partial charge >= 0.3 is 0 Å². The van der Waals surface area contributed by atoms with Crippen molar-refractivity contribution < 1.29 is 0 Å². The molecule has 2 aromatic heterocycles. The molecule has 2 heterocycles. The highest BCUT2D eigenvalue weighted by Crippen LogP contribution is 2.14. The van der Waals surface area contributed by atoms with Crippen LogP contribution in [0.2, 0.25) is 5.02 Å². The predicted molar refractivity (Wildman–Crippen MR) is 65.5 cm³/mol. The van der Waals surface area contributed by atoms with E-state index in [-0.39, 0.29) is 0 Å². The summed E-state index contributed by atoms with van der Waals surface area (Å²) in [5.74, 6) is 0.758. The van der Waals surface area contributed by atoms with E-state index in [2.05, 4.69) is 20.4 Å². The maximum Gasteiger partial charge on any atom is 0.161 e. The molecular formula is C11H9ClN6. The first-order valence-electron chi connectivity index (χ1n) is 5.32. The van der Waals surface area contributed by atoms with Crippen molar-refractivity contribution >= 4 is 11.6 Å². The van der Waals surface area contributed by atoms with Gasteiger partial charge in [0.15, 0.2) is 5.82 Å². The lowest BCUT2D eigenvalue weighted by Gasteiger charge is -2.05. The van der Waals surface area contributed by atoms with Crippen LogP contribution in [-0.4, -0.2) is 29.8 Å². The minimum Gasteiger partial charge on any atom is -0.284 e. The van der Waals surface area contributed by atoms with Crippen LogP contribution in [0, 0.1) is 0 Å². The molecule has 7 heteroatoms. The van der Waals surface area contributed by atoms with E-state index in [1.54, 1.807) is 23.5 Å². The number of halogens is 1. The number of hydrogen-bond acceptors (Lipinski definition) is 4. The third-order valence-corrected chi connectivity index (χ3v) is 2.72. The highest BCUT2D eigenvalue weighted by atomic mass is 35.5. The molecule has 0 radical (unpaired) electrons. The van der Waals surface area contributed by atoms with Crippen LogP contribution in [-0.2, 0) is 6.54 Å². The summed E-state index contributed by atoms with van der Waals surface area (Å²) in [6.07, 6.45) is 4.91. The van der Waals surface area contributed by atoms with Gasteiger partial charge in [-0.1, -0.05) is 11.6 Å². The fourth-order valence-electron chi connectivity index (χ4n) is 1.64. The monoisotopic (exact) mass is 260 g/mol. The van der Waals surface area contributed by atoms with Crippen molar-refractivity contribution in [3.05, 3.63) is 53.8 Å². The second-order valence-electron chi connectivity index (χ2n) is 3.65. The molecule has 0 amide bonds. The fraction of sp³-hybridized carbons (Fsp3) is 0.0909. The van der Waals surface area contributed by atoms with Gasteiger partial charge in [-0.15, -0.1) is 10.2 Å². The number of nitrogens with zero attached hydrogens (tertiary/aromatic N) is 6. The molecule has 0 unspecified atom stereocenters. The molecular weight excluding hydrogens is 252 g/mol. The molecule has 18 heavy (non-hydrogen) atoms. The summed E-state index contributed by atoms with van der Waals surface area (Å²) in [5.41, 5.74) is 0.951. The Kier molecular flexibility index (Phi) is 2.77. The van der Waals surface area contributed by atoms with Crippen LogP contribution in [0.4, 0.5) is 0 Å². The van der Waals surface area contributed by atoms with Crippen LogP contribution in [0.1, 0.15) is 5.82 Å². The Morgan fingerprint density at radius 1 is 1.06 bits per heavy atom. The smallest absolute Gasteiger partial charge is 0.161 e. The Balaban J connectivity index is 1.94. The normalized spacial score (nSPS) is 10.7. The van der Waals surface area contributed by atoms with Gasteiger partial charge in [0, 0.05) is 10.7 Å². The molecule has 3 rings (SSSR count). The Hall–Kier alpha value is -2.21. The fourth-order valence-corrected chi connectivity index (χ4v) is 1.76. The first-order chi connectivity index (χ1) is 8.83. The standard InChI is InChI=1S/C11H9ClN6/c12-9-1-3-10(4-2-9)17-8-13-16-11(17)7-18-14-5-6-15-18/h1-6,8H,7H2. The number of hydrogen-bond donors (Lipinski definition) is 0. The van der Waals surface area contributed by atoms with Gasteiger partial charge in [0.1, 0.15) is 12.9 Å². The largest absolute Gasteiger partial charge is 0.284 e. The molecule has 0 saturated heterocycles. The maximum atomic E-state index is 5.86. The Labute approximate surface area is 108 Å². The lowest BCUT2D eigenvalue weighted by molar-refractivity contribution is 0.564. The molecule has 1 aromatic carbocycles. The van der Waals surface area contributed by atoms with E-state index in [0.717, 1.165) is 11.5 Å². The number of rotatable bonds is 3. The van der Waals surface area contributed by atoms with Crippen LogP contribution in [0.5, 0.6) is 0 Å². The summed E-state index contributed by atoms with van der Waals surface area (Å²) in [7, 11) is 0. The minimum atomic E-state index is 0.468. The number of benzene rings is 1. The molecule has 0 spiro atoms. The maximum absolute atomic E-state index is 5.86. The lowest BCUT2D eigenvalue weighted by atomic mass is 10.3. The summed E-state index contributed by atoms with van der Waals surface area (Å²) in [6, 6.07) is 7.47. The van der Waals surface area contributed by atoms with Crippen molar-refractivity contribution in [3.8, 4) is 5.69 Å². The molecule has 0 aliphatic carbocycles. The summed E-state index contributed by atoms with van der Waals surface area (Å²) in [4.78, 5) is 1.55. The molecule has 0 bridgehead atoms. The minimum absolute atomic E-state index is 0.468. The van der Waals surface area contributed by atoms with E-state index in [1.807, 2.05) is 28.8 Å². The van der Waals surface area contributed by atoms with Crippen LogP contribution in [0.3, 0.4) is 0 Å². The Morgan fingerprint density at radius 3 is 2.50 bits per heavy atom. The summed E-state index contributed by atoms with van der Waals surface area (Å²) in [5, 5.41) is 16.8. The Morgan fingerprint density at radius 2 is 1.78 bits per heavy atom. The van der Waals surface area contributed by atoms with E-state index in [0.29, 0.717) is 11.6 Å². The third kappa shape index (κ3) is 2.10. The summed E-state index contributed by atoms with van der Waals surface area (Å²) >= 11 is 5.86. The zero-order chi connectivity index (χ0) is 12.4. The molecule has 6 nitrogen and oxygen atoms in total. The zero-order valence-corrected chi connectivity index (χ0v) is 10.1. The van der Waals surface area contributed by atoms with Crippen molar-refractivity contribution in [2.75, 3.05) is 0 Å². The van der Waals surface area contributed by atoms with Gasteiger partial charge in [-0.05, 0) is 24.3 Å². The van der Waals surface area contributed by atoms with Gasteiger partial charge in [-0.25, -0.2) is 0 Å². The molecule has 0 saturated carbocycles. The van der Waals surface area contributed by atoms with Crippen molar-refractivity contribution in [2.24, 2.45) is 0 Å². The second kappa shape index (κ2) is 4.58. The van der Waals surface area contributed by atoms with Gasteiger partial charge in [-0.2, -0.15) is 15.0 Å². The third-order valence-electron chi connectivity index (χ3n) is 2.47. The first kappa shape index (κ1) is 10.9. The molecule has 0 N–H and O–H groups in total. The number of aromatic nitrogens is 6. The highest BCUT2D eigenvalue weighted by molar-refractivity contribution is 6.30. The van der Waals surface area contributed by atoms with Crippen LogP contribution >= 0.6 is 11.6 Å². The van der Waals surface area contributed by atoms with Crippen LogP contribution < -0.4 is 0 Å². The molecule has 0 atom stereocenters. The van der Waals surface area contributed by atoms with E-state index < -0.39 is 0 Å². The molecule has 3 aromatic rings. The van der Waals surface area contributed by atoms with Gasteiger partial charge in [0.25, 0.3) is 0 Å². The van der Waals surface area contributed by atoms with E-state index in [9.17, 15) is 0 Å². The second-order valence-corrected chi connectivity index (χ2v) is 4.09. The molecule has 0 fully saturated rings. The summed E-state index contributed by atoms with van der Waals surface area (Å²) < 4.78 is 1.87. The quantitative estimate of drug-likeness (QED) is 0.717. The van der Waals surface area contributed by atoms with E-state index in [4.69, 9.17) is 11.6 Å². The van der Waals surface area contributed by atoms with Crippen LogP contribution in [0.25, 0.3) is 5.69 Å². The lowest BCUT2D eigenvalue weighted by Crippen LogP contribution is -2.09. The molecule has 90 valence electrons. The van der Waals surface area contributed by atoms with Gasteiger partial charge < -0.3 is 0 Å². The first-order valence-corrected chi connectivity index (χ1v) is 5.70. The average Bonchev–Trinajstić information content (AvgIpc) is 3.02. The topological polar surface area (TPSA) is 61.4 Å². The van der Waals surface area contributed by atoms with Gasteiger partial charge in [-0.3, -0.25) is 4.57 Å². The van der Waals surface area contributed by atoms with Crippen molar-refractivity contribution in [3.63, 3.8) is 0 Å².